The van der Waals surface area contributed by atoms with Crippen molar-refractivity contribution in [2.75, 3.05) is 5.32 Å². The number of hydrogen-bond acceptors (Lipinski definition) is 4. The van der Waals surface area contributed by atoms with Gasteiger partial charge in [-0.2, -0.15) is 0 Å². The molecule has 21 heavy (non-hydrogen) atoms. The van der Waals surface area contributed by atoms with Gasteiger partial charge in [-0.05, 0) is 31.6 Å². The first-order valence-electron chi connectivity index (χ1n) is 6.13. The first kappa shape index (κ1) is 15.4. The Morgan fingerprint density at radius 2 is 2.14 bits per heavy atom. The van der Waals surface area contributed by atoms with E-state index in [4.69, 9.17) is 11.6 Å². The highest BCUT2D eigenvalue weighted by molar-refractivity contribution is 7.11. The van der Waals surface area contributed by atoms with Crippen LogP contribution in [0.4, 0.5) is 5.69 Å². The third kappa shape index (κ3) is 3.20. The fraction of sp³-hybridized carbons (Fsp3) is 0.133. The van der Waals surface area contributed by atoms with Gasteiger partial charge in [0.15, 0.2) is 10.8 Å². The number of hydrogen-bond donors (Lipinski definition) is 1. The van der Waals surface area contributed by atoms with E-state index in [2.05, 4.69) is 16.9 Å². The zero-order valence-corrected chi connectivity index (χ0v) is 13.1. The highest BCUT2D eigenvalue weighted by atomic mass is 35.5. The minimum absolute atomic E-state index is 0.168. The zero-order chi connectivity index (χ0) is 15.6. The molecule has 0 bridgehead atoms. The third-order valence-corrected chi connectivity index (χ3v) is 4.22. The molecule has 0 aliphatic heterocycles. The lowest BCUT2D eigenvalue weighted by Crippen LogP contribution is -2.15. The molecule has 1 heterocycles. The number of thiazole rings is 1. The number of rotatable bonds is 4. The van der Waals surface area contributed by atoms with Gasteiger partial charge in [0.2, 0.25) is 0 Å². The zero-order valence-electron chi connectivity index (χ0n) is 11.6. The third-order valence-electron chi connectivity index (χ3n) is 2.88. The molecule has 0 saturated carbocycles. The predicted molar refractivity (Wildman–Crippen MR) is 86.4 cm³/mol. The fourth-order valence-electron chi connectivity index (χ4n) is 1.75. The topological polar surface area (TPSA) is 59.1 Å². The van der Waals surface area contributed by atoms with Gasteiger partial charge >= 0.3 is 0 Å². The molecule has 0 radical (unpaired) electrons. The molecule has 2 aromatic rings. The van der Waals surface area contributed by atoms with Crippen molar-refractivity contribution in [2.45, 2.75) is 13.8 Å². The Morgan fingerprint density at radius 1 is 1.43 bits per heavy atom. The van der Waals surface area contributed by atoms with Gasteiger partial charge in [0.05, 0.1) is 16.4 Å². The van der Waals surface area contributed by atoms with Crippen LogP contribution >= 0.6 is 22.9 Å². The van der Waals surface area contributed by atoms with E-state index < -0.39 is 5.91 Å². The SMILES string of the molecule is C=Cc1csc(C(=O)Nc2c(C(C)=O)ccc(C)c2Cl)n1. The number of anilines is 1. The maximum Gasteiger partial charge on any atom is 0.284 e. The minimum atomic E-state index is -0.400. The summed E-state index contributed by atoms with van der Waals surface area (Å²) in [5.74, 6) is -0.568. The molecule has 0 fully saturated rings. The second kappa shape index (κ2) is 6.20. The summed E-state index contributed by atoms with van der Waals surface area (Å²) in [5.41, 5.74) is 2.11. The van der Waals surface area contributed by atoms with E-state index >= 15 is 0 Å². The van der Waals surface area contributed by atoms with Gasteiger partial charge in [-0.25, -0.2) is 4.98 Å². The van der Waals surface area contributed by atoms with Crippen molar-refractivity contribution < 1.29 is 9.59 Å². The average Bonchev–Trinajstić information content (AvgIpc) is 2.92. The van der Waals surface area contributed by atoms with E-state index in [1.165, 1.54) is 18.3 Å². The lowest BCUT2D eigenvalue weighted by Gasteiger charge is -2.12. The van der Waals surface area contributed by atoms with E-state index in [0.717, 1.165) is 5.56 Å². The monoisotopic (exact) mass is 320 g/mol. The van der Waals surface area contributed by atoms with E-state index in [1.807, 2.05) is 0 Å². The summed E-state index contributed by atoms with van der Waals surface area (Å²) in [6, 6.07) is 3.39. The number of aryl methyl sites for hydroxylation is 1. The summed E-state index contributed by atoms with van der Waals surface area (Å²) in [4.78, 5) is 28.0. The van der Waals surface area contributed by atoms with Crippen molar-refractivity contribution in [1.29, 1.82) is 0 Å². The number of Topliss-reactive ketones (excluding diaryl/α,β-unsaturated/α-hetero) is 1. The minimum Gasteiger partial charge on any atom is -0.318 e. The van der Waals surface area contributed by atoms with Crippen molar-refractivity contribution in [3.05, 3.63) is 50.9 Å². The highest BCUT2D eigenvalue weighted by Crippen LogP contribution is 2.30. The van der Waals surface area contributed by atoms with E-state index in [0.29, 0.717) is 22.0 Å². The molecule has 1 amide bonds. The average molecular weight is 321 g/mol. The Balaban J connectivity index is 2.38. The van der Waals surface area contributed by atoms with E-state index in [-0.39, 0.29) is 10.8 Å². The molecule has 1 aromatic carbocycles. The second-order valence-electron chi connectivity index (χ2n) is 4.41. The number of nitrogens with one attached hydrogen (secondary N) is 1. The molecule has 0 aliphatic carbocycles. The van der Waals surface area contributed by atoms with Crippen LogP contribution in [0.25, 0.3) is 6.08 Å². The largest absolute Gasteiger partial charge is 0.318 e. The quantitative estimate of drug-likeness (QED) is 0.859. The fourth-order valence-corrected chi connectivity index (χ4v) is 2.66. The normalized spacial score (nSPS) is 10.2. The van der Waals surface area contributed by atoms with Crippen molar-refractivity contribution in [3.8, 4) is 0 Å². The molecule has 108 valence electrons. The lowest BCUT2D eigenvalue weighted by molar-refractivity contribution is 0.101. The number of benzene rings is 1. The van der Waals surface area contributed by atoms with Crippen molar-refractivity contribution >= 4 is 46.4 Å². The summed E-state index contributed by atoms with van der Waals surface area (Å²) >= 11 is 7.41. The summed E-state index contributed by atoms with van der Waals surface area (Å²) in [6.07, 6.45) is 1.56. The van der Waals surface area contributed by atoms with Crippen molar-refractivity contribution in [1.82, 2.24) is 4.98 Å². The van der Waals surface area contributed by atoms with Crippen LogP contribution in [0, 0.1) is 6.92 Å². The van der Waals surface area contributed by atoms with Crippen LogP contribution in [0.2, 0.25) is 5.02 Å². The number of ketones is 1. The van der Waals surface area contributed by atoms with Gasteiger partial charge in [-0.3, -0.25) is 9.59 Å². The molecule has 2 rings (SSSR count). The van der Waals surface area contributed by atoms with Crippen molar-refractivity contribution in [2.24, 2.45) is 0 Å². The maximum atomic E-state index is 12.2. The lowest BCUT2D eigenvalue weighted by atomic mass is 10.1. The van der Waals surface area contributed by atoms with Gasteiger partial charge in [-0.15, -0.1) is 11.3 Å². The summed E-state index contributed by atoms with van der Waals surface area (Å²) in [7, 11) is 0. The van der Waals surface area contributed by atoms with Crippen LogP contribution in [0.15, 0.2) is 24.1 Å². The standard InChI is InChI=1S/C15H13ClN2O2S/c1-4-10-7-21-15(17-10)14(20)18-13-11(9(3)19)6-5-8(2)12(13)16/h4-7H,1H2,2-3H3,(H,18,20). The number of carbonyl (C=O) groups excluding carboxylic acids is 2. The summed E-state index contributed by atoms with van der Waals surface area (Å²) < 4.78 is 0. The molecule has 0 aliphatic rings. The predicted octanol–water partition coefficient (Wildman–Crippen LogP) is 4.20. The first-order valence-corrected chi connectivity index (χ1v) is 7.39. The van der Waals surface area contributed by atoms with Crippen LogP contribution in [-0.2, 0) is 0 Å². The summed E-state index contributed by atoms with van der Waals surface area (Å²) in [6.45, 7) is 6.83. The molecule has 0 spiro atoms. The maximum absolute atomic E-state index is 12.2. The number of halogens is 1. The smallest absolute Gasteiger partial charge is 0.284 e. The molecular weight excluding hydrogens is 308 g/mol. The Hall–Kier alpha value is -1.98. The van der Waals surface area contributed by atoms with Gasteiger partial charge < -0.3 is 5.32 Å². The second-order valence-corrected chi connectivity index (χ2v) is 5.65. The van der Waals surface area contributed by atoms with Gasteiger partial charge in [-0.1, -0.05) is 24.2 Å². The highest BCUT2D eigenvalue weighted by Gasteiger charge is 2.18. The van der Waals surface area contributed by atoms with Crippen LogP contribution in [0.1, 0.15) is 38.3 Å². The molecule has 4 nitrogen and oxygen atoms in total. The van der Waals surface area contributed by atoms with Gasteiger partial charge in [0.25, 0.3) is 5.91 Å². The Bertz CT molecular complexity index is 737. The Morgan fingerprint density at radius 3 is 2.71 bits per heavy atom. The van der Waals surface area contributed by atoms with Gasteiger partial charge in [0.1, 0.15) is 0 Å². The number of nitrogens with zero attached hydrogens (tertiary/aromatic N) is 1. The van der Waals surface area contributed by atoms with Gasteiger partial charge in [0, 0.05) is 10.9 Å². The molecule has 6 heteroatoms. The molecular formula is C15H13ClN2O2S. The number of amides is 1. The molecule has 0 saturated heterocycles. The first-order chi connectivity index (χ1) is 9.93. The van der Waals surface area contributed by atoms with Crippen LogP contribution < -0.4 is 5.32 Å². The van der Waals surface area contributed by atoms with Crippen LogP contribution in [-0.4, -0.2) is 16.7 Å². The number of carbonyl (C=O) groups is 2. The van der Waals surface area contributed by atoms with Crippen LogP contribution in [0.5, 0.6) is 0 Å². The van der Waals surface area contributed by atoms with E-state index in [1.54, 1.807) is 30.5 Å². The Labute approximate surface area is 131 Å². The van der Waals surface area contributed by atoms with E-state index in [9.17, 15) is 9.59 Å². The summed E-state index contributed by atoms with van der Waals surface area (Å²) in [5, 5.41) is 5.05. The Kier molecular flexibility index (Phi) is 4.55. The number of aromatic nitrogens is 1. The van der Waals surface area contributed by atoms with Crippen molar-refractivity contribution in [3.63, 3.8) is 0 Å². The molecule has 0 unspecified atom stereocenters. The molecule has 1 aromatic heterocycles. The molecule has 1 N–H and O–H groups in total. The molecule has 0 atom stereocenters. The van der Waals surface area contributed by atoms with Crippen LogP contribution in [0.3, 0.4) is 0 Å².